The summed E-state index contributed by atoms with van der Waals surface area (Å²) in [7, 11) is -4.05. The van der Waals surface area contributed by atoms with Crippen molar-refractivity contribution in [2.75, 3.05) is 6.54 Å². The van der Waals surface area contributed by atoms with Gasteiger partial charge in [-0.2, -0.15) is 0 Å². The van der Waals surface area contributed by atoms with Crippen LogP contribution in [-0.4, -0.2) is 54.0 Å². The molecule has 0 spiro atoms. The number of nitrogens with one attached hydrogen (secondary N) is 1. The molecule has 1 aliphatic rings. The van der Waals surface area contributed by atoms with Crippen LogP contribution in [0.25, 0.3) is 0 Å². The molecular weight excluding hydrogens is 526 g/mol. The molecule has 2 atom stereocenters. The number of amides is 3. The lowest BCUT2D eigenvalue weighted by Gasteiger charge is -2.33. The Balaban J connectivity index is 1.64. The van der Waals surface area contributed by atoms with Crippen molar-refractivity contribution in [2.24, 2.45) is 0 Å². The van der Waals surface area contributed by atoms with Crippen molar-refractivity contribution in [1.29, 1.82) is 0 Å². The number of carbonyl (C=O) groups is 3. The minimum Gasteiger partial charge on any atom is -0.352 e. The molecule has 1 aliphatic heterocycles. The zero-order chi connectivity index (χ0) is 28.9. The van der Waals surface area contributed by atoms with Crippen LogP contribution in [0.1, 0.15) is 53.7 Å². The molecule has 9 heteroatoms. The minimum atomic E-state index is -4.05. The van der Waals surface area contributed by atoms with Gasteiger partial charge in [-0.15, -0.1) is 0 Å². The molecule has 4 rings (SSSR count). The highest BCUT2D eigenvalue weighted by molar-refractivity contribution is 7.90. The maximum absolute atomic E-state index is 13.9. The van der Waals surface area contributed by atoms with Crippen LogP contribution in [0.3, 0.4) is 0 Å². The van der Waals surface area contributed by atoms with Gasteiger partial charge in [0.1, 0.15) is 10.9 Å². The average Bonchev–Trinajstić information content (AvgIpc) is 3.14. The van der Waals surface area contributed by atoms with Gasteiger partial charge in [0.15, 0.2) is 0 Å². The normalized spacial score (nSPS) is 15.3. The van der Waals surface area contributed by atoms with Crippen LogP contribution >= 0.6 is 0 Å². The maximum Gasteiger partial charge on any atom is 0.269 e. The summed E-state index contributed by atoms with van der Waals surface area (Å²) in [6.45, 7) is 5.68. The minimum absolute atomic E-state index is 0.0565. The SMILES string of the molecule is CC[C@@H](C)NC(=O)[C@@H](Cc1ccccc1)N(Cc1cccc(C)c1)C(=O)CCN1C(=O)c2ccccc2S1(=O)=O. The predicted octanol–water partition coefficient (Wildman–Crippen LogP) is 4.08. The van der Waals surface area contributed by atoms with E-state index in [-0.39, 0.29) is 48.3 Å². The third-order valence-electron chi connectivity index (χ3n) is 7.15. The summed E-state index contributed by atoms with van der Waals surface area (Å²) in [5, 5.41) is 3.02. The van der Waals surface area contributed by atoms with Gasteiger partial charge in [-0.05, 0) is 43.5 Å². The van der Waals surface area contributed by atoms with Crippen LogP contribution in [0.15, 0.2) is 83.8 Å². The zero-order valence-corrected chi connectivity index (χ0v) is 23.9. The van der Waals surface area contributed by atoms with Crippen molar-refractivity contribution in [3.8, 4) is 0 Å². The van der Waals surface area contributed by atoms with E-state index in [9.17, 15) is 22.8 Å². The molecule has 8 nitrogen and oxygen atoms in total. The molecular formula is C31H35N3O5S. The van der Waals surface area contributed by atoms with Crippen LogP contribution in [-0.2, 0) is 32.6 Å². The van der Waals surface area contributed by atoms with E-state index >= 15 is 0 Å². The van der Waals surface area contributed by atoms with Gasteiger partial charge >= 0.3 is 0 Å². The van der Waals surface area contributed by atoms with Crippen LogP contribution < -0.4 is 5.32 Å². The topological polar surface area (TPSA) is 104 Å². The number of hydrogen-bond acceptors (Lipinski definition) is 5. The summed E-state index contributed by atoms with van der Waals surface area (Å²) in [4.78, 5) is 41.9. The van der Waals surface area contributed by atoms with Crippen molar-refractivity contribution in [2.45, 2.75) is 63.6 Å². The standard InChI is InChI=1S/C31H35N3O5S/c1-4-23(3)32-30(36)27(20-24-12-6-5-7-13-24)33(21-25-14-10-11-22(2)19-25)29(35)17-18-34-31(37)26-15-8-9-16-28(26)40(34,38)39/h5-16,19,23,27H,4,17-18,20-21H2,1-3H3,(H,32,36)/t23-,27-/m1/s1. The molecule has 0 unspecified atom stereocenters. The number of carbonyl (C=O) groups excluding carboxylic acids is 3. The van der Waals surface area contributed by atoms with E-state index in [4.69, 9.17) is 0 Å². The van der Waals surface area contributed by atoms with E-state index in [1.807, 2.05) is 75.4 Å². The van der Waals surface area contributed by atoms with E-state index in [1.165, 1.54) is 17.0 Å². The number of benzene rings is 3. The molecule has 3 aromatic rings. The smallest absolute Gasteiger partial charge is 0.269 e. The first-order valence-corrected chi connectivity index (χ1v) is 14.9. The number of fused-ring (bicyclic) bond motifs is 1. The van der Waals surface area contributed by atoms with Crippen molar-refractivity contribution in [1.82, 2.24) is 14.5 Å². The van der Waals surface area contributed by atoms with Gasteiger partial charge in [-0.25, -0.2) is 12.7 Å². The summed E-state index contributed by atoms with van der Waals surface area (Å²) < 4.78 is 26.9. The van der Waals surface area contributed by atoms with Crippen molar-refractivity contribution >= 4 is 27.7 Å². The third-order valence-corrected chi connectivity index (χ3v) is 8.99. The molecule has 0 aliphatic carbocycles. The number of sulfonamides is 1. The molecule has 1 N–H and O–H groups in total. The first kappa shape index (κ1) is 29.0. The van der Waals surface area contributed by atoms with E-state index in [0.717, 1.165) is 27.4 Å². The van der Waals surface area contributed by atoms with Crippen molar-refractivity contribution in [3.05, 3.63) is 101 Å². The Morgan fingerprint density at radius 1 is 0.950 bits per heavy atom. The summed E-state index contributed by atoms with van der Waals surface area (Å²) >= 11 is 0. The van der Waals surface area contributed by atoms with Gasteiger partial charge in [0.2, 0.25) is 11.8 Å². The number of hydrogen-bond donors (Lipinski definition) is 1. The highest BCUT2D eigenvalue weighted by atomic mass is 32.2. The molecule has 210 valence electrons. The van der Waals surface area contributed by atoms with Crippen LogP contribution in [0.4, 0.5) is 0 Å². The molecule has 0 aromatic heterocycles. The van der Waals surface area contributed by atoms with Gasteiger partial charge in [0.05, 0.1) is 5.56 Å². The van der Waals surface area contributed by atoms with Gasteiger partial charge in [-0.1, -0.05) is 79.2 Å². The van der Waals surface area contributed by atoms with E-state index in [1.54, 1.807) is 12.1 Å². The summed E-state index contributed by atoms with van der Waals surface area (Å²) in [6.07, 6.45) is 0.755. The first-order chi connectivity index (χ1) is 19.1. The van der Waals surface area contributed by atoms with Crippen molar-refractivity contribution < 1.29 is 22.8 Å². The lowest BCUT2D eigenvalue weighted by atomic mass is 10.0. The maximum atomic E-state index is 13.9. The fraction of sp³-hybridized carbons (Fsp3) is 0.323. The molecule has 0 fully saturated rings. The average molecular weight is 562 g/mol. The van der Waals surface area contributed by atoms with Gasteiger partial charge in [-0.3, -0.25) is 14.4 Å². The Labute approximate surface area is 236 Å². The molecule has 0 bridgehead atoms. The van der Waals surface area contributed by atoms with Gasteiger partial charge < -0.3 is 10.2 Å². The van der Waals surface area contributed by atoms with Gasteiger partial charge in [0, 0.05) is 32.0 Å². The fourth-order valence-corrected chi connectivity index (χ4v) is 6.36. The summed E-state index contributed by atoms with van der Waals surface area (Å²) in [5.41, 5.74) is 2.85. The molecule has 0 saturated carbocycles. The van der Waals surface area contributed by atoms with Crippen molar-refractivity contribution in [3.63, 3.8) is 0 Å². The fourth-order valence-electron chi connectivity index (χ4n) is 4.80. The van der Waals surface area contributed by atoms with E-state index in [0.29, 0.717) is 0 Å². The van der Waals surface area contributed by atoms with Crippen LogP contribution in [0.5, 0.6) is 0 Å². The Bertz CT molecular complexity index is 1490. The van der Waals surface area contributed by atoms with Crippen LogP contribution in [0.2, 0.25) is 0 Å². The lowest BCUT2D eigenvalue weighted by molar-refractivity contribution is -0.141. The predicted molar refractivity (Wildman–Crippen MR) is 153 cm³/mol. The Morgan fingerprint density at radius 2 is 1.62 bits per heavy atom. The second-order valence-electron chi connectivity index (χ2n) is 10.2. The van der Waals surface area contributed by atoms with E-state index < -0.39 is 27.9 Å². The zero-order valence-electron chi connectivity index (χ0n) is 23.0. The monoisotopic (exact) mass is 561 g/mol. The van der Waals surface area contributed by atoms with Gasteiger partial charge in [0.25, 0.3) is 15.9 Å². The highest BCUT2D eigenvalue weighted by Crippen LogP contribution is 2.30. The molecule has 0 radical (unpaired) electrons. The van der Waals surface area contributed by atoms with Crippen LogP contribution in [0, 0.1) is 6.92 Å². The molecule has 3 amide bonds. The first-order valence-electron chi connectivity index (χ1n) is 13.5. The molecule has 1 heterocycles. The largest absolute Gasteiger partial charge is 0.352 e. The third kappa shape index (κ3) is 6.42. The second kappa shape index (κ2) is 12.5. The molecule has 40 heavy (non-hydrogen) atoms. The Kier molecular flexibility index (Phi) is 9.04. The number of nitrogens with zero attached hydrogens (tertiary/aromatic N) is 2. The summed E-state index contributed by atoms with van der Waals surface area (Å²) in [5.74, 6) is -1.35. The number of rotatable bonds is 11. The quantitative estimate of drug-likeness (QED) is 0.380. The second-order valence-corrected chi connectivity index (χ2v) is 12.0. The summed E-state index contributed by atoms with van der Waals surface area (Å²) in [6, 6.07) is 22.3. The lowest BCUT2D eigenvalue weighted by Crippen LogP contribution is -2.52. The Hall–Kier alpha value is -3.98. The van der Waals surface area contributed by atoms with E-state index in [2.05, 4.69) is 5.32 Å². The highest BCUT2D eigenvalue weighted by Gasteiger charge is 2.41. The molecule has 0 saturated heterocycles. The molecule has 3 aromatic carbocycles. The number of aryl methyl sites for hydroxylation is 1. The Morgan fingerprint density at radius 3 is 2.30 bits per heavy atom.